The quantitative estimate of drug-likeness (QED) is 0.609. The van der Waals surface area contributed by atoms with Crippen molar-refractivity contribution in [3.05, 3.63) is 52.6 Å². The van der Waals surface area contributed by atoms with Gasteiger partial charge in [0.2, 0.25) is 0 Å². The number of nitrogens with zero attached hydrogens (tertiary/aromatic N) is 1. The van der Waals surface area contributed by atoms with E-state index in [0.29, 0.717) is 10.7 Å². The van der Waals surface area contributed by atoms with Gasteiger partial charge in [0.05, 0.1) is 11.2 Å². The molecule has 2 heterocycles. The second-order valence-electron chi connectivity index (χ2n) is 7.57. The second-order valence-corrected chi connectivity index (χ2v) is 7.96. The summed E-state index contributed by atoms with van der Waals surface area (Å²) in [6.45, 7) is 7.44. The normalized spacial score (nSPS) is 21.6. The van der Waals surface area contributed by atoms with Crippen LogP contribution in [0.25, 0.3) is 0 Å². The first-order valence-electron chi connectivity index (χ1n) is 8.65. The summed E-state index contributed by atoms with van der Waals surface area (Å²) < 4.78 is 26.7. The number of aromatic nitrogens is 1. The Balaban J connectivity index is 1.92. The van der Waals surface area contributed by atoms with E-state index in [2.05, 4.69) is 4.98 Å². The Labute approximate surface area is 163 Å². The Morgan fingerprint density at radius 3 is 2.52 bits per heavy atom. The predicted octanol–water partition coefficient (Wildman–Crippen LogP) is 1.38. The molecule has 1 fully saturated rings. The van der Waals surface area contributed by atoms with Crippen LogP contribution in [-0.2, 0) is 15.7 Å². The van der Waals surface area contributed by atoms with Crippen LogP contribution in [0.4, 0.5) is 4.39 Å². The van der Waals surface area contributed by atoms with Crippen LogP contribution in [0.3, 0.4) is 0 Å². The largest absolute Gasteiger partial charge is 0.495 e. The maximum Gasteiger partial charge on any atom is 0.495 e. The van der Waals surface area contributed by atoms with Crippen molar-refractivity contribution in [3.63, 3.8) is 0 Å². The third kappa shape index (κ3) is 4.05. The number of rotatable bonds is 4. The van der Waals surface area contributed by atoms with Crippen LogP contribution >= 0.6 is 11.6 Å². The van der Waals surface area contributed by atoms with Crippen molar-refractivity contribution in [3.8, 4) is 0 Å². The molecule has 1 atom stereocenters. The van der Waals surface area contributed by atoms with Crippen LogP contribution in [-0.4, -0.2) is 40.5 Å². The Morgan fingerprint density at radius 2 is 1.89 bits per heavy atom. The van der Waals surface area contributed by atoms with E-state index in [1.54, 1.807) is 6.07 Å². The number of hydrogen-bond donors (Lipinski definition) is 2. The maximum absolute atomic E-state index is 14.3. The lowest BCUT2D eigenvalue weighted by Gasteiger charge is -2.36. The molecule has 0 amide bonds. The molecule has 142 valence electrons. The minimum Gasteiger partial charge on any atom is -0.423 e. The van der Waals surface area contributed by atoms with E-state index in [-0.39, 0.29) is 11.9 Å². The average Bonchev–Trinajstić information content (AvgIpc) is 2.78. The fourth-order valence-corrected chi connectivity index (χ4v) is 3.49. The van der Waals surface area contributed by atoms with Gasteiger partial charge in [0.25, 0.3) is 0 Å². The van der Waals surface area contributed by atoms with Crippen molar-refractivity contribution in [1.29, 1.82) is 0 Å². The van der Waals surface area contributed by atoms with Crippen molar-refractivity contribution >= 4 is 36.8 Å². The van der Waals surface area contributed by atoms with Crippen LogP contribution in [0.2, 0.25) is 5.15 Å². The second kappa shape index (κ2) is 7.18. The third-order valence-corrected chi connectivity index (χ3v) is 5.35. The van der Waals surface area contributed by atoms with Crippen molar-refractivity contribution < 1.29 is 23.7 Å². The first-order valence-corrected chi connectivity index (χ1v) is 9.03. The zero-order valence-electron chi connectivity index (χ0n) is 15.7. The number of benzene rings is 1. The van der Waals surface area contributed by atoms with E-state index in [0.717, 1.165) is 11.2 Å². The van der Waals surface area contributed by atoms with Crippen molar-refractivity contribution in [2.45, 2.75) is 45.3 Å². The van der Waals surface area contributed by atoms with Gasteiger partial charge in [0, 0.05) is 12.1 Å². The molecule has 0 spiro atoms. The minimum atomic E-state index is -1.67. The van der Waals surface area contributed by atoms with E-state index in [9.17, 15) is 14.4 Å². The fraction of sp³-hybridized carbons (Fsp3) is 0.389. The number of aryl methyl sites for hydroxylation is 1. The van der Waals surface area contributed by atoms with E-state index < -0.39 is 31.3 Å². The van der Waals surface area contributed by atoms with Gasteiger partial charge in [0.15, 0.2) is 0 Å². The average molecular weight is 391 g/mol. The maximum atomic E-state index is 14.3. The highest BCUT2D eigenvalue weighted by atomic mass is 35.5. The lowest BCUT2D eigenvalue weighted by atomic mass is 9.77. The van der Waals surface area contributed by atoms with Gasteiger partial charge in [-0.3, -0.25) is 0 Å². The van der Waals surface area contributed by atoms with Crippen LogP contribution in [0.1, 0.15) is 32.0 Å². The van der Waals surface area contributed by atoms with Crippen molar-refractivity contribution in [2.75, 3.05) is 0 Å². The van der Waals surface area contributed by atoms with Crippen LogP contribution in [0, 0.1) is 12.7 Å². The predicted molar refractivity (Wildman–Crippen MR) is 104 cm³/mol. The zero-order valence-corrected chi connectivity index (χ0v) is 16.4. The van der Waals surface area contributed by atoms with Gasteiger partial charge in [-0.25, -0.2) is 9.37 Å². The van der Waals surface area contributed by atoms with E-state index in [1.165, 1.54) is 18.2 Å². The highest BCUT2D eigenvalue weighted by Gasteiger charge is 2.54. The molecule has 1 unspecified atom stereocenters. The molecule has 27 heavy (non-hydrogen) atoms. The van der Waals surface area contributed by atoms with Crippen molar-refractivity contribution in [2.24, 2.45) is 0 Å². The molecule has 0 saturated carbocycles. The molecule has 0 radical (unpaired) electrons. The zero-order chi connectivity index (χ0) is 20.0. The summed E-state index contributed by atoms with van der Waals surface area (Å²) in [6, 6.07) is 7.52. The monoisotopic (exact) mass is 391 g/mol. The molecule has 2 aromatic rings. The molecule has 5 nitrogen and oxygen atoms in total. The van der Waals surface area contributed by atoms with Crippen LogP contribution in [0.15, 0.2) is 30.3 Å². The molecule has 3 rings (SSSR count). The molecule has 1 aromatic carbocycles. The van der Waals surface area contributed by atoms with E-state index in [1.807, 2.05) is 33.8 Å². The molecular weight excluding hydrogens is 370 g/mol. The number of pyridine rings is 1. The Hall–Kier alpha value is -1.44. The first-order chi connectivity index (χ1) is 12.5. The van der Waals surface area contributed by atoms with Gasteiger partial charge in [-0.1, -0.05) is 23.7 Å². The van der Waals surface area contributed by atoms with E-state index in [4.69, 9.17) is 20.9 Å². The van der Waals surface area contributed by atoms with Gasteiger partial charge in [0.1, 0.15) is 11.0 Å². The highest BCUT2D eigenvalue weighted by Crippen LogP contribution is 2.40. The Kier molecular flexibility index (Phi) is 5.40. The minimum absolute atomic E-state index is 0.195. The van der Waals surface area contributed by atoms with Crippen LogP contribution in [0.5, 0.6) is 0 Å². The molecule has 1 saturated heterocycles. The lowest BCUT2D eigenvalue weighted by Crippen LogP contribution is -2.47. The summed E-state index contributed by atoms with van der Waals surface area (Å²) in [6.07, 6.45) is 0.195. The summed E-state index contributed by atoms with van der Waals surface area (Å²) in [5, 5.41) is 19.1. The molecule has 1 aliphatic heterocycles. The smallest absolute Gasteiger partial charge is 0.423 e. The van der Waals surface area contributed by atoms with E-state index >= 15 is 0 Å². The van der Waals surface area contributed by atoms with Gasteiger partial charge in [-0.2, -0.15) is 0 Å². The molecule has 9 heteroatoms. The SMILES string of the molecule is Cc1cc(B2OC(C)(C)C(C)(Cc3cc(B(O)O)ccc3F)O2)cc(Cl)n1. The first kappa shape index (κ1) is 20.3. The van der Waals surface area contributed by atoms with Crippen molar-refractivity contribution in [1.82, 2.24) is 4.98 Å². The molecule has 1 aromatic heterocycles. The summed E-state index contributed by atoms with van der Waals surface area (Å²) in [4.78, 5) is 4.14. The molecular formula is C18H21B2ClFNO4. The standard InChI is InChI=1S/C18H21B2ClFNO4/c1-11-7-14(9-16(21)23-11)20-26-17(2,3)18(4,27-20)10-12-8-13(19(24)25)5-6-15(12)22/h5-9,24-25H,10H2,1-4H3. The topological polar surface area (TPSA) is 71.8 Å². The summed E-state index contributed by atoms with van der Waals surface area (Å²) in [5.41, 5.74) is 0.434. The Morgan fingerprint density at radius 1 is 1.19 bits per heavy atom. The van der Waals surface area contributed by atoms with Crippen LogP contribution < -0.4 is 10.9 Å². The Bertz CT molecular complexity index is 847. The fourth-order valence-electron chi connectivity index (χ4n) is 3.23. The molecule has 2 N–H and O–H groups in total. The van der Waals surface area contributed by atoms with Gasteiger partial charge in [-0.05, 0) is 62.4 Å². The highest BCUT2D eigenvalue weighted by molar-refractivity contribution is 6.62. The summed E-state index contributed by atoms with van der Waals surface area (Å²) >= 11 is 6.05. The summed E-state index contributed by atoms with van der Waals surface area (Å²) in [5.74, 6) is -0.439. The van der Waals surface area contributed by atoms with Gasteiger partial charge < -0.3 is 19.4 Å². The summed E-state index contributed by atoms with van der Waals surface area (Å²) in [7, 11) is -2.33. The van der Waals surface area contributed by atoms with Gasteiger partial charge >= 0.3 is 14.2 Å². The molecule has 0 aliphatic carbocycles. The molecule has 1 aliphatic rings. The van der Waals surface area contributed by atoms with Gasteiger partial charge in [-0.15, -0.1) is 0 Å². The molecule has 0 bridgehead atoms. The number of hydrogen-bond acceptors (Lipinski definition) is 5. The number of halogens is 2. The lowest BCUT2D eigenvalue weighted by molar-refractivity contribution is -0.00928. The third-order valence-electron chi connectivity index (χ3n) is 5.15.